The highest BCUT2D eigenvalue weighted by Gasteiger charge is 2.18. The summed E-state index contributed by atoms with van der Waals surface area (Å²) < 4.78 is 0. The number of hydrogen-bond donors (Lipinski definition) is 1. The van der Waals surface area contributed by atoms with E-state index in [1.807, 2.05) is 6.07 Å². The summed E-state index contributed by atoms with van der Waals surface area (Å²) in [7, 11) is 0. The molecule has 1 heterocycles. The second-order valence-electron chi connectivity index (χ2n) is 3.90. The standard InChI is InChI=1S/C13H7ClN4O3/c14-12-10(5-9(7-16-12)18(20)21)13(19)17-11-4-2-1-3-8(11)6-15/h1-5,7H,(H,17,19). The van der Waals surface area contributed by atoms with E-state index in [4.69, 9.17) is 16.9 Å². The van der Waals surface area contributed by atoms with Gasteiger partial charge in [0.25, 0.3) is 11.6 Å². The molecule has 0 radical (unpaired) electrons. The Kier molecular flexibility index (Phi) is 4.11. The molecule has 0 bridgehead atoms. The molecule has 7 nitrogen and oxygen atoms in total. The normalized spacial score (nSPS) is 9.71. The molecule has 8 heteroatoms. The van der Waals surface area contributed by atoms with Crippen LogP contribution in [-0.4, -0.2) is 15.8 Å². The number of carbonyl (C=O) groups excluding carboxylic acids is 1. The Labute approximate surface area is 123 Å². The summed E-state index contributed by atoms with van der Waals surface area (Å²) in [6, 6.07) is 9.31. The second kappa shape index (κ2) is 5.98. The first-order valence-corrected chi connectivity index (χ1v) is 6.01. The first kappa shape index (κ1) is 14.4. The van der Waals surface area contributed by atoms with Gasteiger partial charge in [-0.2, -0.15) is 5.26 Å². The number of nitrogens with one attached hydrogen (secondary N) is 1. The number of amides is 1. The molecule has 0 aliphatic heterocycles. The first-order valence-electron chi connectivity index (χ1n) is 5.63. The van der Waals surface area contributed by atoms with Crippen LogP contribution in [0, 0.1) is 21.4 Å². The second-order valence-corrected chi connectivity index (χ2v) is 4.26. The van der Waals surface area contributed by atoms with Gasteiger partial charge in [-0.3, -0.25) is 14.9 Å². The van der Waals surface area contributed by atoms with Crippen LogP contribution in [0.3, 0.4) is 0 Å². The average Bonchev–Trinajstić information content (AvgIpc) is 2.47. The number of nitro groups is 1. The summed E-state index contributed by atoms with van der Waals surface area (Å²) in [6.07, 6.45) is 0.961. The van der Waals surface area contributed by atoms with Crippen molar-refractivity contribution < 1.29 is 9.72 Å². The van der Waals surface area contributed by atoms with Crippen molar-refractivity contribution in [2.45, 2.75) is 0 Å². The van der Waals surface area contributed by atoms with E-state index >= 15 is 0 Å². The molecule has 0 unspecified atom stereocenters. The Balaban J connectivity index is 2.35. The fraction of sp³-hybridized carbons (Fsp3) is 0. The molecular formula is C13H7ClN4O3. The number of halogens is 1. The number of benzene rings is 1. The molecule has 1 N–H and O–H groups in total. The summed E-state index contributed by atoms with van der Waals surface area (Å²) in [6.45, 7) is 0. The van der Waals surface area contributed by atoms with Gasteiger partial charge in [-0.15, -0.1) is 0 Å². The lowest BCUT2D eigenvalue weighted by Crippen LogP contribution is -2.14. The van der Waals surface area contributed by atoms with Crippen molar-refractivity contribution in [3.8, 4) is 6.07 Å². The molecule has 0 aliphatic rings. The maximum atomic E-state index is 12.1. The van der Waals surface area contributed by atoms with Crippen LogP contribution >= 0.6 is 11.6 Å². The number of rotatable bonds is 3. The molecule has 21 heavy (non-hydrogen) atoms. The van der Waals surface area contributed by atoms with Crippen LogP contribution in [0.1, 0.15) is 15.9 Å². The number of pyridine rings is 1. The van der Waals surface area contributed by atoms with Crippen molar-refractivity contribution >= 4 is 28.9 Å². The van der Waals surface area contributed by atoms with Crippen molar-refractivity contribution in [1.29, 1.82) is 5.26 Å². The molecule has 1 aromatic carbocycles. The minimum Gasteiger partial charge on any atom is -0.321 e. The molecule has 0 aliphatic carbocycles. The maximum Gasteiger partial charge on any atom is 0.288 e. The van der Waals surface area contributed by atoms with Crippen molar-refractivity contribution in [2.75, 3.05) is 5.32 Å². The van der Waals surface area contributed by atoms with Crippen molar-refractivity contribution in [3.63, 3.8) is 0 Å². The molecular weight excluding hydrogens is 296 g/mol. The number of anilines is 1. The smallest absolute Gasteiger partial charge is 0.288 e. The highest BCUT2D eigenvalue weighted by atomic mass is 35.5. The molecule has 0 atom stereocenters. The topological polar surface area (TPSA) is 109 Å². The molecule has 1 amide bonds. The van der Waals surface area contributed by atoms with E-state index in [0.29, 0.717) is 0 Å². The van der Waals surface area contributed by atoms with Gasteiger partial charge in [0, 0.05) is 6.07 Å². The van der Waals surface area contributed by atoms with Gasteiger partial charge in [0.1, 0.15) is 17.4 Å². The summed E-state index contributed by atoms with van der Waals surface area (Å²) >= 11 is 5.78. The predicted octanol–water partition coefficient (Wildman–Crippen LogP) is 2.77. The van der Waals surface area contributed by atoms with Gasteiger partial charge in [-0.25, -0.2) is 4.98 Å². The number of nitrogens with zero attached hydrogens (tertiary/aromatic N) is 3. The quantitative estimate of drug-likeness (QED) is 0.532. The van der Waals surface area contributed by atoms with Gasteiger partial charge in [0.15, 0.2) is 0 Å². The maximum absolute atomic E-state index is 12.1. The predicted molar refractivity (Wildman–Crippen MR) is 75.0 cm³/mol. The molecule has 0 saturated heterocycles. The van der Waals surface area contributed by atoms with Crippen LogP contribution in [0.15, 0.2) is 36.5 Å². The van der Waals surface area contributed by atoms with Crippen molar-refractivity contribution in [1.82, 2.24) is 4.98 Å². The molecule has 2 aromatic rings. The summed E-state index contributed by atoms with van der Waals surface area (Å²) in [4.78, 5) is 25.7. The van der Waals surface area contributed by atoms with E-state index in [1.54, 1.807) is 12.1 Å². The summed E-state index contributed by atoms with van der Waals surface area (Å²) in [5.74, 6) is -0.682. The van der Waals surface area contributed by atoms with E-state index in [1.165, 1.54) is 12.1 Å². The molecule has 2 rings (SSSR count). The number of para-hydroxylation sites is 1. The third-order valence-corrected chi connectivity index (χ3v) is 2.88. The monoisotopic (exact) mass is 302 g/mol. The first-order chi connectivity index (χ1) is 10.0. The Morgan fingerprint density at radius 3 is 2.81 bits per heavy atom. The molecule has 0 saturated carbocycles. The van der Waals surface area contributed by atoms with Crippen molar-refractivity contribution in [3.05, 3.63) is 62.9 Å². The number of nitriles is 1. The third kappa shape index (κ3) is 3.13. The van der Waals surface area contributed by atoms with Gasteiger partial charge >= 0.3 is 0 Å². The number of hydrogen-bond acceptors (Lipinski definition) is 5. The molecule has 0 fully saturated rings. The zero-order valence-corrected chi connectivity index (χ0v) is 11.2. The van der Waals surface area contributed by atoms with Gasteiger partial charge in [0.05, 0.1) is 21.7 Å². The fourth-order valence-corrected chi connectivity index (χ4v) is 1.76. The minimum atomic E-state index is -0.682. The lowest BCUT2D eigenvalue weighted by molar-refractivity contribution is -0.385. The van der Waals surface area contributed by atoms with E-state index in [2.05, 4.69) is 10.3 Å². The zero-order chi connectivity index (χ0) is 15.4. The van der Waals surface area contributed by atoms with Gasteiger partial charge in [0.2, 0.25) is 0 Å². The largest absolute Gasteiger partial charge is 0.321 e. The van der Waals surface area contributed by atoms with Gasteiger partial charge < -0.3 is 5.32 Å². The lowest BCUT2D eigenvalue weighted by atomic mass is 10.2. The van der Waals surface area contributed by atoms with E-state index < -0.39 is 10.8 Å². The van der Waals surface area contributed by atoms with Crippen LogP contribution in [0.4, 0.5) is 11.4 Å². The van der Waals surface area contributed by atoms with Gasteiger partial charge in [-0.05, 0) is 12.1 Å². The number of aromatic nitrogens is 1. The highest BCUT2D eigenvalue weighted by molar-refractivity contribution is 6.33. The van der Waals surface area contributed by atoms with Crippen LogP contribution in [0.2, 0.25) is 5.15 Å². The Bertz CT molecular complexity index is 770. The summed E-state index contributed by atoms with van der Waals surface area (Å²) in [5, 5.41) is 22.0. The molecule has 104 valence electrons. The Morgan fingerprint density at radius 2 is 2.14 bits per heavy atom. The van der Waals surface area contributed by atoms with Crippen LogP contribution in [-0.2, 0) is 0 Å². The SMILES string of the molecule is N#Cc1ccccc1NC(=O)c1cc([N+](=O)[O-])cnc1Cl. The third-order valence-electron chi connectivity index (χ3n) is 2.58. The van der Waals surface area contributed by atoms with E-state index in [0.717, 1.165) is 12.3 Å². The van der Waals surface area contributed by atoms with Crippen molar-refractivity contribution in [2.24, 2.45) is 0 Å². The lowest BCUT2D eigenvalue weighted by Gasteiger charge is -2.07. The summed E-state index contributed by atoms with van der Waals surface area (Å²) in [5.41, 5.74) is 0.0599. The highest BCUT2D eigenvalue weighted by Crippen LogP contribution is 2.21. The van der Waals surface area contributed by atoms with Crippen LogP contribution in [0.5, 0.6) is 0 Å². The zero-order valence-electron chi connectivity index (χ0n) is 10.4. The molecule has 1 aromatic heterocycles. The Hall–Kier alpha value is -2.98. The van der Waals surface area contributed by atoms with Crippen LogP contribution < -0.4 is 5.32 Å². The van der Waals surface area contributed by atoms with Gasteiger partial charge in [-0.1, -0.05) is 23.7 Å². The van der Waals surface area contributed by atoms with E-state index in [9.17, 15) is 14.9 Å². The average molecular weight is 303 g/mol. The fourth-order valence-electron chi connectivity index (χ4n) is 1.58. The Morgan fingerprint density at radius 1 is 1.43 bits per heavy atom. The van der Waals surface area contributed by atoms with E-state index in [-0.39, 0.29) is 27.7 Å². The number of carbonyl (C=O) groups is 1. The molecule has 0 spiro atoms. The van der Waals surface area contributed by atoms with Crippen LogP contribution in [0.25, 0.3) is 0 Å². The minimum absolute atomic E-state index is 0.140.